The summed E-state index contributed by atoms with van der Waals surface area (Å²) in [6.45, 7) is 0.226. The first-order valence-electron chi connectivity index (χ1n) is 8.14. The van der Waals surface area contributed by atoms with Gasteiger partial charge in [-0.15, -0.1) is 0 Å². The Balaban J connectivity index is 1.51. The molecule has 1 aliphatic heterocycles. The van der Waals surface area contributed by atoms with Crippen molar-refractivity contribution in [1.29, 1.82) is 0 Å². The van der Waals surface area contributed by atoms with Gasteiger partial charge >= 0.3 is 10.6 Å². The summed E-state index contributed by atoms with van der Waals surface area (Å²) in [5.74, 6) is 0.241. The van der Waals surface area contributed by atoms with E-state index in [1.807, 2.05) is 60.7 Å². The molecule has 0 aliphatic carbocycles. The van der Waals surface area contributed by atoms with Crippen molar-refractivity contribution in [1.82, 2.24) is 8.52 Å². The van der Waals surface area contributed by atoms with Gasteiger partial charge in [-0.1, -0.05) is 60.7 Å². The summed E-state index contributed by atoms with van der Waals surface area (Å²) in [7, 11) is 0. The fourth-order valence-corrected chi connectivity index (χ4v) is 3.46. The van der Waals surface area contributed by atoms with E-state index in [0.717, 1.165) is 22.7 Å². The zero-order valence-electron chi connectivity index (χ0n) is 13.8. The number of nitrogens with zero attached hydrogens (tertiary/aromatic N) is 2. The molecule has 26 heavy (non-hydrogen) atoms. The van der Waals surface area contributed by atoms with E-state index in [2.05, 4.69) is 0 Å². The molecule has 0 fully saturated rings. The number of hydrogen-bond donors (Lipinski definition) is 0. The lowest BCUT2D eigenvalue weighted by Crippen LogP contribution is -2.29. The molecule has 0 N–H and O–H groups in total. The summed E-state index contributed by atoms with van der Waals surface area (Å²) in [6, 6.07) is 19.2. The van der Waals surface area contributed by atoms with Crippen molar-refractivity contribution in [2.75, 3.05) is 0 Å². The molecule has 1 aliphatic rings. The van der Waals surface area contributed by atoms with Gasteiger partial charge in [0.25, 0.3) is 5.88 Å². The molecule has 3 aromatic rings. The van der Waals surface area contributed by atoms with E-state index in [9.17, 15) is 9.59 Å². The minimum absolute atomic E-state index is 0.226. The Morgan fingerprint density at radius 1 is 0.923 bits per heavy atom. The number of benzene rings is 2. The van der Waals surface area contributed by atoms with Crippen LogP contribution >= 0.6 is 11.5 Å². The molecule has 1 aromatic heterocycles. The molecule has 7 heteroatoms. The Kier molecular flexibility index (Phi) is 4.45. The van der Waals surface area contributed by atoms with Crippen LogP contribution in [0.25, 0.3) is 5.88 Å². The van der Waals surface area contributed by atoms with Gasteiger partial charge in [-0.2, -0.15) is 3.96 Å². The van der Waals surface area contributed by atoms with Gasteiger partial charge in [-0.05, 0) is 11.1 Å². The highest BCUT2D eigenvalue weighted by atomic mass is 32.1. The van der Waals surface area contributed by atoms with E-state index in [4.69, 9.17) is 9.47 Å². The highest BCUT2D eigenvalue weighted by Crippen LogP contribution is 2.21. The Morgan fingerprint density at radius 3 is 2.27 bits per heavy atom. The number of ether oxygens (including phenoxy) is 2. The Hall–Kier alpha value is -3.06. The molecule has 1 unspecified atom stereocenters. The van der Waals surface area contributed by atoms with E-state index in [1.54, 1.807) is 0 Å². The average molecular weight is 368 g/mol. The van der Waals surface area contributed by atoms with E-state index < -0.39 is 12.0 Å². The first-order chi connectivity index (χ1) is 12.7. The largest absolute Gasteiger partial charge is 0.456 e. The van der Waals surface area contributed by atoms with E-state index in [0.29, 0.717) is 6.42 Å². The highest BCUT2D eigenvalue weighted by molar-refractivity contribution is 7.04. The Bertz CT molecular complexity index is 1030. The van der Waals surface area contributed by atoms with Crippen molar-refractivity contribution < 1.29 is 9.47 Å². The number of rotatable bonds is 5. The predicted molar refractivity (Wildman–Crippen MR) is 98.8 cm³/mol. The van der Waals surface area contributed by atoms with Crippen molar-refractivity contribution in [2.24, 2.45) is 0 Å². The molecule has 0 radical (unpaired) electrons. The van der Waals surface area contributed by atoms with Gasteiger partial charge in [-0.25, -0.2) is 9.36 Å². The van der Waals surface area contributed by atoms with E-state index in [1.165, 1.54) is 14.8 Å². The topological polar surface area (TPSA) is 62.5 Å². The van der Waals surface area contributed by atoms with Gasteiger partial charge in [0, 0.05) is 18.0 Å². The summed E-state index contributed by atoms with van der Waals surface area (Å²) >= 11 is 0.804. The van der Waals surface area contributed by atoms with Gasteiger partial charge < -0.3 is 9.47 Å². The molecular formula is C19H16N2O4S. The van der Waals surface area contributed by atoms with Crippen LogP contribution in [0, 0.1) is 0 Å². The smallest absolute Gasteiger partial charge is 0.348 e. The highest BCUT2D eigenvalue weighted by Gasteiger charge is 2.24. The molecule has 1 atom stereocenters. The van der Waals surface area contributed by atoms with Crippen molar-refractivity contribution in [2.45, 2.75) is 19.3 Å². The van der Waals surface area contributed by atoms with E-state index >= 15 is 0 Å². The molecule has 2 aromatic carbocycles. The summed E-state index contributed by atoms with van der Waals surface area (Å²) in [5, 5.41) is 0. The lowest BCUT2D eigenvalue weighted by atomic mass is 10.1. The van der Waals surface area contributed by atoms with Crippen LogP contribution in [0.1, 0.15) is 11.1 Å². The molecule has 0 spiro atoms. The summed E-state index contributed by atoms with van der Waals surface area (Å²) in [5.41, 5.74) is 1.52. The van der Waals surface area contributed by atoms with Gasteiger partial charge in [0.2, 0.25) is 6.29 Å². The lowest BCUT2D eigenvalue weighted by Gasteiger charge is -2.11. The van der Waals surface area contributed by atoms with Crippen LogP contribution in [0.2, 0.25) is 0 Å². The average Bonchev–Trinajstić information content (AvgIpc) is 3.23. The Morgan fingerprint density at radius 2 is 1.58 bits per heavy atom. The second-order valence-electron chi connectivity index (χ2n) is 5.84. The molecule has 0 bridgehead atoms. The monoisotopic (exact) mass is 368 g/mol. The summed E-state index contributed by atoms with van der Waals surface area (Å²) in [6.07, 6.45) is 1.42. The normalized spacial score (nSPS) is 16.0. The molecule has 6 nitrogen and oxygen atoms in total. The van der Waals surface area contributed by atoms with Crippen LogP contribution in [0.3, 0.4) is 0 Å². The number of hydrogen-bond acceptors (Lipinski definition) is 5. The van der Waals surface area contributed by atoms with Gasteiger partial charge in [-0.3, -0.25) is 4.79 Å². The second kappa shape index (κ2) is 7.05. The maximum atomic E-state index is 12.6. The molecule has 2 heterocycles. The molecule has 0 saturated carbocycles. The quantitative estimate of drug-likeness (QED) is 0.694. The molecule has 0 saturated heterocycles. The van der Waals surface area contributed by atoms with Crippen LogP contribution in [-0.4, -0.2) is 14.8 Å². The number of aromatic nitrogens is 2. The molecule has 0 amide bonds. The zero-order chi connectivity index (χ0) is 17.9. The van der Waals surface area contributed by atoms with Crippen molar-refractivity contribution in [3.63, 3.8) is 0 Å². The SMILES string of the molecule is O=c1sn(C2=COC(Cc3ccccc3)O2)c(=O)n1Cc1ccccc1. The maximum absolute atomic E-state index is 12.6. The first-order valence-corrected chi connectivity index (χ1v) is 8.92. The van der Waals surface area contributed by atoms with Crippen LogP contribution in [0.5, 0.6) is 0 Å². The third-order valence-corrected chi connectivity index (χ3v) is 4.89. The summed E-state index contributed by atoms with van der Waals surface area (Å²) < 4.78 is 13.6. The second-order valence-corrected chi connectivity index (χ2v) is 6.73. The maximum Gasteiger partial charge on any atom is 0.348 e. The lowest BCUT2D eigenvalue weighted by molar-refractivity contribution is -0.0165. The zero-order valence-corrected chi connectivity index (χ0v) is 14.6. The van der Waals surface area contributed by atoms with Gasteiger partial charge in [0.15, 0.2) is 0 Å². The minimum atomic E-state index is -0.515. The molecule has 132 valence electrons. The molecular weight excluding hydrogens is 352 g/mol. The van der Waals surface area contributed by atoms with Crippen LogP contribution in [0.15, 0.2) is 76.5 Å². The standard InChI is InChI=1S/C19H16N2O4S/c22-18-20(12-15-9-5-2-6-10-15)19(23)26-21(18)16-13-24-17(25-16)11-14-7-3-1-4-8-14/h1-10,13,17H,11-12H2. The Labute approximate surface area is 153 Å². The van der Waals surface area contributed by atoms with Crippen molar-refractivity contribution in [3.8, 4) is 0 Å². The van der Waals surface area contributed by atoms with Crippen LogP contribution < -0.4 is 10.6 Å². The third-order valence-electron chi connectivity index (χ3n) is 4.00. The van der Waals surface area contributed by atoms with Gasteiger partial charge in [0.1, 0.15) is 6.26 Å². The fourth-order valence-electron chi connectivity index (χ4n) is 2.71. The van der Waals surface area contributed by atoms with Crippen molar-refractivity contribution >= 4 is 17.4 Å². The third kappa shape index (κ3) is 3.34. The summed E-state index contributed by atoms with van der Waals surface area (Å²) in [4.78, 5) is 24.5. The molecule has 4 rings (SSSR count). The van der Waals surface area contributed by atoms with Crippen molar-refractivity contribution in [3.05, 3.63) is 98.2 Å². The predicted octanol–water partition coefficient (Wildman–Crippen LogP) is 2.49. The van der Waals surface area contributed by atoms with E-state index in [-0.39, 0.29) is 17.3 Å². The van der Waals surface area contributed by atoms with Gasteiger partial charge in [0.05, 0.1) is 6.54 Å². The fraction of sp³-hybridized carbons (Fsp3) is 0.158. The first kappa shape index (κ1) is 16.4. The van der Waals surface area contributed by atoms with Crippen LogP contribution in [-0.2, 0) is 22.4 Å². The minimum Gasteiger partial charge on any atom is -0.456 e. The van der Waals surface area contributed by atoms with Crippen LogP contribution in [0.4, 0.5) is 0 Å².